The van der Waals surface area contributed by atoms with Gasteiger partial charge in [0.25, 0.3) is 0 Å². The molecule has 0 spiro atoms. The van der Waals surface area contributed by atoms with Crippen molar-refractivity contribution in [2.24, 2.45) is 17.8 Å². The van der Waals surface area contributed by atoms with Crippen molar-refractivity contribution in [3.63, 3.8) is 0 Å². The second-order valence-electron chi connectivity index (χ2n) is 3.79. The molecule has 2 aliphatic carbocycles. The Labute approximate surface area is 66.9 Å². The summed E-state index contributed by atoms with van der Waals surface area (Å²) >= 11 is 0. The van der Waals surface area contributed by atoms with Gasteiger partial charge >= 0.3 is 5.97 Å². The van der Waals surface area contributed by atoms with Crippen LogP contribution in [0, 0.1) is 17.8 Å². The van der Waals surface area contributed by atoms with Crippen molar-refractivity contribution in [1.29, 1.82) is 0 Å². The van der Waals surface area contributed by atoms with Gasteiger partial charge in [0.05, 0.1) is 13.0 Å². The lowest BCUT2D eigenvalue weighted by atomic mass is 9.89. The van der Waals surface area contributed by atoms with E-state index in [0.29, 0.717) is 0 Å². The second kappa shape index (κ2) is 2.50. The maximum Gasteiger partial charge on any atom is 0.308 e. The first-order valence-corrected chi connectivity index (χ1v) is 4.39. The lowest BCUT2D eigenvalue weighted by Gasteiger charge is -2.18. The first kappa shape index (κ1) is 7.14. The van der Waals surface area contributed by atoms with Crippen LogP contribution in [0.1, 0.15) is 25.7 Å². The van der Waals surface area contributed by atoms with Crippen LogP contribution in [0.3, 0.4) is 0 Å². The van der Waals surface area contributed by atoms with Crippen LogP contribution in [0.5, 0.6) is 0 Å². The summed E-state index contributed by atoms with van der Waals surface area (Å²) in [6, 6.07) is 0. The zero-order chi connectivity index (χ0) is 7.84. The van der Waals surface area contributed by atoms with E-state index in [2.05, 4.69) is 0 Å². The molecular formula is C9H14O2. The molecule has 0 radical (unpaired) electrons. The van der Waals surface area contributed by atoms with Gasteiger partial charge in [-0.15, -0.1) is 0 Å². The van der Waals surface area contributed by atoms with Crippen molar-refractivity contribution in [3.05, 3.63) is 0 Å². The maximum absolute atomic E-state index is 11.1. The lowest BCUT2D eigenvalue weighted by Crippen LogP contribution is -2.19. The third-order valence-electron chi connectivity index (χ3n) is 3.08. The minimum absolute atomic E-state index is 0.00958. The highest BCUT2D eigenvalue weighted by atomic mass is 16.5. The topological polar surface area (TPSA) is 26.3 Å². The number of hydrogen-bond acceptors (Lipinski definition) is 2. The quantitative estimate of drug-likeness (QED) is 0.536. The Morgan fingerprint density at radius 2 is 2.09 bits per heavy atom. The molecule has 0 saturated heterocycles. The van der Waals surface area contributed by atoms with E-state index in [1.54, 1.807) is 0 Å². The largest absolute Gasteiger partial charge is 0.469 e. The highest BCUT2D eigenvalue weighted by molar-refractivity contribution is 5.72. The Morgan fingerprint density at radius 3 is 2.73 bits per heavy atom. The Morgan fingerprint density at radius 1 is 1.27 bits per heavy atom. The van der Waals surface area contributed by atoms with Crippen LogP contribution in [0.2, 0.25) is 0 Å². The molecule has 0 amide bonds. The number of ether oxygens (including phenoxy) is 1. The van der Waals surface area contributed by atoms with Gasteiger partial charge in [-0.1, -0.05) is 0 Å². The Kier molecular flexibility index (Phi) is 1.63. The molecule has 62 valence electrons. The van der Waals surface area contributed by atoms with E-state index in [4.69, 9.17) is 4.74 Å². The van der Waals surface area contributed by atoms with E-state index in [-0.39, 0.29) is 11.9 Å². The van der Waals surface area contributed by atoms with Crippen LogP contribution in [0.4, 0.5) is 0 Å². The minimum atomic E-state index is 0.00958. The third-order valence-corrected chi connectivity index (χ3v) is 3.08. The summed E-state index contributed by atoms with van der Waals surface area (Å²) in [5.74, 6) is 2.07. The zero-order valence-corrected chi connectivity index (χ0v) is 6.88. The van der Waals surface area contributed by atoms with Crippen molar-refractivity contribution >= 4 is 5.97 Å². The van der Waals surface area contributed by atoms with Gasteiger partial charge in [0, 0.05) is 0 Å². The third kappa shape index (κ3) is 1.26. The number of esters is 1. The Balaban J connectivity index is 1.89. The fourth-order valence-corrected chi connectivity index (χ4v) is 2.23. The molecule has 2 nitrogen and oxygen atoms in total. The highest BCUT2D eigenvalue weighted by Gasteiger charge is 2.44. The zero-order valence-electron chi connectivity index (χ0n) is 6.88. The summed E-state index contributed by atoms with van der Waals surface area (Å²) in [6.45, 7) is 0. The van der Waals surface area contributed by atoms with Crippen LogP contribution in [-0.2, 0) is 9.53 Å². The smallest absolute Gasteiger partial charge is 0.308 e. The number of carbonyl (C=O) groups is 1. The fourth-order valence-electron chi connectivity index (χ4n) is 2.23. The van der Waals surface area contributed by atoms with Crippen molar-refractivity contribution in [2.45, 2.75) is 25.7 Å². The molecule has 2 fully saturated rings. The molecule has 0 aromatic rings. The van der Waals surface area contributed by atoms with E-state index < -0.39 is 0 Å². The lowest BCUT2D eigenvalue weighted by molar-refractivity contribution is -0.146. The summed E-state index contributed by atoms with van der Waals surface area (Å²) in [7, 11) is 1.49. The van der Waals surface area contributed by atoms with Gasteiger partial charge < -0.3 is 4.74 Å². The van der Waals surface area contributed by atoms with E-state index >= 15 is 0 Å². The molecule has 3 atom stereocenters. The van der Waals surface area contributed by atoms with Crippen LogP contribution >= 0.6 is 0 Å². The van der Waals surface area contributed by atoms with Crippen molar-refractivity contribution in [1.82, 2.24) is 0 Å². The van der Waals surface area contributed by atoms with Gasteiger partial charge in [-0.05, 0) is 37.5 Å². The SMILES string of the molecule is COC(=O)C1CCC2CC2C1. The standard InChI is InChI=1S/C9H14O2/c1-11-9(10)7-3-2-6-4-8(6)5-7/h6-8H,2-5H2,1H3. The number of fused-ring (bicyclic) bond motifs is 1. The molecule has 2 rings (SSSR count). The molecule has 0 aromatic carbocycles. The molecule has 0 aromatic heterocycles. The Bertz CT molecular complexity index is 176. The van der Waals surface area contributed by atoms with Gasteiger partial charge in [-0.3, -0.25) is 4.79 Å². The summed E-state index contributed by atoms with van der Waals surface area (Å²) in [5, 5.41) is 0. The first-order chi connectivity index (χ1) is 5.31. The summed E-state index contributed by atoms with van der Waals surface area (Å²) in [4.78, 5) is 11.1. The van der Waals surface area contributed by atoms with Gasteiger partial charge in [-0.2, -0.15) is 0 Å². The molecule has 2 saturated carbocycles. The first-order valence-electron chi connectivity index (χ1n) is 4.39. The predicted molar refractivity (Wildman–Crippen MR) is 41.0 cm³/mol. The van der Waals surface area contributed by atoms with Crippen LogP contribution in [0.25, 0.3) is 0 Å². The van der Waals surface area contributed by atoms with E-state index in [1.165, 1.54) is 20.0 Å². The molecule has 0 heterocycles. The summed E-state index contributed by atoms with van der Waals surface area (Å²) < 4.78 is 4.72. The highest BCUT2D eigenvalue weighted by Crippen LogP contribution is 2.51. The van der Waals surface area contributed by atoms with E-state index in [1.807, 2.05) is 0 Å². The predicted octanol–water partition coefficient (Wildman–Crippen LogP) is 1.60. The average molecular weight is 154 g/mol. The van der Waals surface area contributed by atoms with Crippen LogP contribution in [-0.4, -0.2) is 13.1 Å². The molecule has 0 N–H and O–H groups in total. The molecule has 3 unspecified atom stereocenters. The minimum Gasteiger partial charge on any atom is -0.469 e. The van der Waals surface area contributed by atoms with Crippen LogP contribution in [0.15, 0.2) is 0 Å². The molecule has 11 heavy (non-hydrogen) atoms. The van der Waals surface area contributed by atoms with Gasteiger partial charge in [0.15, 0.2) is 0 Å². The number of carbonyl (C=O) groups excluding carboxylic acids is 1. The Hall–Kier alpha value is -0.530. The van der Waals surface area contributed by atoms with E-state index in [0.717, 1.165) is 24.7 Å². The summed E-state index contributed by atoms with van der Waals surface area (Å²) in [5.41, 5.74) is 0. The number of methoxy groups -OCH3 is 1. The van der Waals surface area contributed by atoms with Crippen molar-refractivity contribution < 1.29 is 9.53 Å². The molecule has 0 bridgehead atoms. The van der Waals surface area contributed by atoms with Gasteiger partial charge in [0.2, 0.25) is 0 Å². The number of hydrogen-bond donors (Lipinski definition) is 0. The van der Waals surface area contributed by atoms with Gasteiger partial charge in [0.1, 0.15) is 0 Å². The van der Waals surface area contributed by atoms with Crippen LogP contribution < -0.4 is 0 Å². The van der Waals surface area contributed by atoms with Gasteiger partial charge in [-0.25, -0.2) is 0 Å². The maximum atomic E-state index is 11.1. The fraction of sp³-hybridized carbons (Fsp3) is 0.889. The normalized spacial score (nSPS) is 41.0. The van der Waals surface area contributed by atoms with Crippen molar-refractivity contribution in [3.8, 4) is 0 Å². The summed E-state index contributed by atoms with van der Waals surface area (Å²) in [6.07, 6.45) is 4.78. The molecule has 2 heteroatoms. The average Bonchev–Trinajstić information content (AvgIpc) is 2.80. The molecule has 2 aliphatic rings. The number of rotatable bonds is 1. The monoisotopic (exact) mass is 154 g/mol. The van der Waals surface area contributed by atoms with Crippen molar-refractivity contribution in [2.75, 3.05) is 7.11 Å². The second-order valence-corrected chi connectivity index (χ2v) is 3.79. The van der Waals surface area contributed by atoms with E-state index in [9.17, 15) is 4.79 Å². The molecular weight excluding hydrogens is 140 g/mol. The molecule has 0 aliphatic heterocycles.